The zero-order valence-corrected chi connectivity index (χ0v) is 15.9. The number of benzene rings is 2. The first kappa shape index (κ1) is 19.2. The fraction of sp³-hybridized carbons (Fsp3) is 0.381. The molecule has 1 heterocycles. The molecule has 1 amide bonds. The van der Waals surface area contributed by atoms with Crippen LogP contribution in [0.5, 0.6) is 28.7 Å². The number of hydrogen-bond acceptors (Lipinski definition) is 7. The lowest BCUT2D eigenvalue weighted by molar-refractivity contribution is -0.128. The number of aromatic hydroxyl groups is 3. The van der Waals surface area contributed by atoms with E-state index in [0.717, 1.165) is 11.1 Å². The van der Waals surface area contributed by atoms with Gasteiger partial charge in [0.2, 0.25) is 12.7 Å². The number of hydrogen-bond donors (Lipinski definition) is 5. The maximum atomic E-state index is 13.0. The van der Waals surface area contributed by atoms with Crippen molar-refractivity contribution < 1.29 is 34.7 Å². The molecule has 3 atom stereocenters. The summed E-state index contributed by atoms with van der Waals surface area (Å²) in [4.78, 5) is 13.0. The second-order valence-electron chi connectivity index (χ2n) is 7.36. The van der Waals surface area contributed by atoms with Crippen molar-refractivity contribution >= 4 is 5.91 Å². The molecule has 1 aliphatic heterocycles. The summed E-state index contributed by atoms with van der Waals surface area (Å²) in [5.74, 6) is -2.25. The Morgan fingerprint density at radius 2 is 1.76 bits per heavy atom. The van der Waals surface area contributed by atoms with Crippen molar-refractivity contribution in [2.24, 2.45) is 11.8 Å². The monoisotopic (exact) mass is 401 g/mol. The van der Waals surface area contributed by atoms with Gasteiger partial charge in [0.25, 0.3) is 0 Å². The van der Waals surface area contributed by atoms with Crippen LogP contribution in [-0.4, -0.2) is 46.3 Å². The van der Waals surface area contributed by atoms with Crippen LogP contribution in [0.25, 0.3) is 0 Å². The van der Waals surface area contributed by atoms with Gasteiger partial charge in [0.1, 0.15) is 0 Å². The third-order valence-corrected chi connectivity index (χ3v) is 5.66. The van der Waals surface area contributed by atoms with Gasteiger partial charge in [0.15, 0.2) is 28.7 Å². The molecule has 2 aliphatic rings. The number of aliphatic hydroxyl groups is 1. The molecule has 2 aromatic carbocycles. The van der Waals surface area contributed by atoms with Crippen LogP contribution in [0, 0.1) is 11.8 Å². The number of ether oxygens (including phenoxy) is 2. The minimum atomic E-state index is -0.642. The van der Waals surface area contributed by atoms with Gasteiger partial charge >= 0.3 is 0 Å². The average molecular weight is 401 g/mol. The molecule has 0 spiro atoms. The van der Waals surface area contributed by atoms with E-state index in [2.05, 4.69) is 5.32 Å². The molecular weight excluding hydrogens is 378 g/mol. The fourth-order valence-electron chi connectivity index (χ4n) is 4.37. The van der Waals surface area contributed by atoms with Crippen molar-refractivity contribution in [2.75, 3.05) is 19.9 Å². The van der Waals surface area contributed by atoms with E-state index in [1.165, 1.54) is 12.1 Å². The highest BCUT2D eigenvalue weighted by Crippen LogP contribution is 2.50. The van der Waals surface area contributed by atoms with Gasteiger partial charge in [-0.3, -0.25) is 4.79 Å². The number of carbonyl (C=O) groups excluding carboxylic acids is 1. The van der Waals surface area contributed by atoms with Crippen molar-refractivity contribution in [1.82, 2.24) is 5.32 Å². The Bertz CT molecular complexity index is 935. The normalized spacial score (nSPS) is 22.2. The van der Waals surface area contributed by atoms with Gasteiger partial charge in [-0.2, -0.15) is 0 Å². The first-order valence-electron chi connectivity index (χ1n) is 9.50. The number of amides is 1. The number of phenols is 3. The summed E-state index contributed by atoms with van der Waals surface area (Å²) in [6.07, 6.45) is 0.469. The van der Waals surface area contributed by atoms with Gasteiger partial charge in [-0.25, -0.2) is 0 Å². The summed E-state index contributed by atoms with van der Waals surface area (Å²) in [5, 5.41) is 42.7. The van der Waals surface area contributed by atoms with Crippen LogP contribution in [0.3, 0.4) is 0 Å². The smallest absolute Gasteiger partial charge is 0.231 e. The fourth-order valence-corrected chi connectivity index (χ4v) is 4.37. The van der Waals surface area contributed by atoms with E-state index < -0.39 is 29.1 Å². The third kappa shape index (κ3) is 3.19. The number of carbonyl (C=O) groups is 1. The molecule has 29 heavy (non-hydrogen) atoms. The van der Waals surface area contributed by atoms with Crippen molar-refractivity contribution in [3.8, 4) is 28.7 Å². The van der Waals surface area contributed by atoms with Crippen molar-refractivity contribution in [1.29, 1.82) is 0 Å². The molecule has 0 radical (unpaired) electrons. The highest BCUT2D eigenvalue weighted by Gasteiger charge is 2.43. The van der Waals surface area contributed by atoms with Crippen molar-refractivity contribution in [3.05, 3.63) is 41.0 Å². The van der Waals surface area contributed by atoms with Gasteiger partial charge in [0.05, 0.1) is 5.92 Å². The molecule has 5 N–H and O–H groups in total. The van der Waals surface area contributed by atoms with E-state index in [0.29, 0.717) is 30.0 Å². The molecule has 0 unspecified atom stereocenters. The highest BCUT2D eigenvalue weighted by molar-refractivity contribution is 5.82. The lowest BCUT2D eigenvalue weighted by Crippen LogP contribution is -2.43. The first-order valence-corrected chi connectivity index (χ1v) is 9.50. The van der Waals surface area contributed by atoms with E-state index in [9.17, 15) is 25.2 Å². The van der Waals surface area contributed by atoms with Gasteiger partial charge in [-0.15, -0.1) is 0 Å². The Hall–Kier alpha value is -3.13. The summed E-state index contributed by atoms with van der Waals surface area (Å²) >= 11 is 0. The largest absolute Gasteiger partial charge is 0.504 e. The zero-order valence-electron chi connectivity index (χ0n) is 15.9. The molecule has 2 aromatic rings. The molecule has 0 fully saturated rings. The molecule has 0 saturated heterocycles. The van der Waals surface area contributed by atoms with Crippen molar-refractivity contribution in [2.45, 2.75) is 19.3 Å². The van der Waals surface area contributed by atoms with Crippen LogP contribution >= 0.6 is 0 Å². The Labute approximate surface area is 167 Å². The Kier molecular flexibility index (Phi) is 4.87. The van der Waals surface area contributed by atoms with Crippen LogP contribution in [-0.2, 0) is 11.2 Å². The van der Waals surface area contributed by atoms with Crippen molar-refractivity contribution in [3.63, 3.8) is 0 Å². The number of aliphatic hydroxyl groups excluding tert-OH is 1. The third-order valence-electron chi connectivity index (χ3n) is 5.66. The van der Waals surface area contributed by atoms with E-state index in [1.54, 1.807) is 0 Å². The minimum absolute atomic E-state index is 0.104. The number of rotatable bonds is 4. The SMILES string of the molecule is CCNC(=O)[C@@H]1[C@H](CO)Cc2cc3c(cc2[C@H]1c1cc(O)c(O)c(O)c1)OCO3. The summed E-state index contributed by atoms with van der Waals surface area (Å²) in [5.41, 5.74) is 2.14. The molecule has 0 saturated carbocycles. The Balaban J connectivity index is 1.92. The summed E-state index contributed by atoms with van der Waals surface area (Å²) in [6, 6.07) is 6.32. The minimum Gasteiger partial charge on any atom is -0.504 e. The number of nitrogens with one attached hydrogen (secondary N) is 1. The predicted octanol–water partition coefficient (Wildman–Crippen LogP) is 1.58. The predicted molar refractivity (Wildman–Crippen MR) is 102 cm³/mol. The molecule has 8 heteroatoms. The maximum Gasteiger partial charge on any atom is 0.231 e. The van der Waals surface area contributed by atoms with Gasteiger partial charge in [0, 0.05) is 19.1 Å². The summed E-state index contributed by atoms with van der Waals surface area (Å²) < 4.78 is 11.0. The molecule has 0 bridgehead atoms. The van der Waals surface area contributed by atoms with Crippen LogP contribution in [0.1, 0.15) is 29.5 Å². The van der Waals surface area contributed by atoms with Crippen LogP contribution in [0.2, 0.25) is 0 Å². The topological polar surface area (TPSA) is 128 Å². The Morgan fingerprint density at radius 1 is 1.10 bits per heavy atom. The summed E-state index contributed by atoms with van der Waals surface area (Å²) in [6.45, 7) is 2.14. The first-order chi connectivity index (χ1) is 13.9. The molecule has 1 aliphatic carbocycles. The second-order valence-corrected chi connectivity index (χ2v) is 7.36. The maximum absolute atomic E-state index is 13.0. The van der Waals surface area contributed by atoms with Crippen LogP contribution < -0.4 is 14.8 Å². The van der Waals surface area contributed by atoms with Crippen LogP contribution in [0.15, 0.2) is 24.3 Å². The quantitative estimate of drug-likeness (QED) is 0.492. The number of fused-ring (bicyclic) bond motifs is 2. The van der Waals surface area contributed by atoms with E-state index in [-0.39, 0.29) is 25.2 Å². The lowest BCUT2D eigenvalue weighted by atomic mass is 9.66. The van der Waals surface area contributed by atoms with Gasteiger partial charge < -0.3 is 35.2 Å². The standard InChI is InChI=1S/C21H23NO7/c1-2-22-21(27)19-12(8-23)3-10-6-16-17(29-9-28-16)7-13(10)18(19)11-4-14(24)20(26)15(25)5-11/h4-7,12,18-19,23-26H,2-3,8-9H2,1H3,(H,22,27)/t12-,18+,19+/m0/s1. The van der Waals surface area contributed by atoms with Gasteiger partial charge in [-0.05, 0) is 60.2 Å². The van der Waals surface area contributed by atoms with E-state index >= 15 is 0 Å². The van der Waals surface area contributed by atoms with E-state index in [1.807, 2.05) is 19.1 Å². The Morgan fingerprint density at radius 3 is 2.38 bits per heavy atom. The lowest BCUT2D eigenvalue weighted by Gasteiger charge is -2.38. The molecular formula is C21H23NO7. The molecule has 4 rings (SSSR count). The molecule has 154 valence electrons. The average Bonchev–Trinajstić information content (AvgIpc) is 3.15. The zero-order chi connectivity index (χ0) is 20.7. The van der Waals surface area contributed by atoms with E-state index in [4.69, 9.17) is 9.47 Å². The van der Waals surface area contributed by atoms with Gasteiger partial charge in [-0.1, -0.05) is 0 Å². The highest BCUT2D eigenvalue weighted by atomic mass is 16.7. The summed E-state index contributed by atoms with van der Waals surface area (Å²) in [7, 11) is 0. The molecule has 8 nitrogen and oxygen atoms in total. The van der Waals surface area contributed by atoms with Crippen LogP contribution in [0.4, 0.5) is 0 Å². The molecule has 0 aromatic heterocycles. The second kappa shape index (κ2) is 7.36. The number of phenolic OH excluding ortho intramolecular Hbond substituents is 3.